The fourth-order valence-corrected chi connectivity index (χ4v) is 2.60. The average molecular weight is 265 g/mol. The highest BCUT2D eigenvalue weighted by Gasteiger charge is 2.24. The summed E-state index contributed by atoms with van der Waals surface area (Å²) >= 11 is 0. The van der Waals surface area contributed by atoms with Crippen LogP contribution >= 0.6 is 0 Å². The maximum Gasteiger partial charge on any atom is 0.307 e. The van der Waals surface area contributed by atoms with Crippen molar-refractivity contribution < 1.29 is 13.9 Å². The predicted molar refractivity (Wildman–Crippen MR) is 71.1 cm³/mol. The smallest absolute Gasteiger partial charge is 0.307 e. The van der Waals surface area contributed by atoms with Crippen molar-refractivity contribution in [2.24, 2.45) is 0 Å². The standard InChI is InChI=1S/C15H20FNO2/c1-19-15(18)10-14-4-2-3-9-17(14)11-12-5-7-13(16)8-6-12/h5-8,14H,2-4,9-11H2,1H3. The lowest BCUT2D eigenvalue weighted by Gasteiger charge is -2.35. The van der Waals surface area contributed by atoms with Gasteiger partial charge in [0.05, 0.1) is 13.5 Å². The Morgan fingerprint density at radius 2 is 2.11 bits per heavy atom. The number of esters is 1. The van der Waals surface area contributed by atoms with Crippen molar-refractivity contribution in [1.29, 1.82) is 0 Å². The molecule has 1 fully saturated rings. The van der Waals surface area contributed by atoms with E-state index in [9.17, 15) is 9.18 Å². The molecule has 1 aliphatic rings. The summed E-state index contributed by atoms with van der Waals surface area (Å²) in [4.78, 5) is 13.7. The van der Waals surface area contributed by atoms with Crippen LogP contribution in [0, 0.1) is 5.82 Å². The lowest BCUT2D eigenvalue weighted by atomic mass is 9.98. The molecule has 1 saturated heterocycles. The first kappa shape index (κ1) is 14.0. The van der Waals surface area contributed by atoms with E-state index in [1.54, 1.807) is 12.1 Å². The van der Waals surface area contributed by atoms with Crippen LogP contribution in [0.25, 0.3) is 0 Å². The van der Waals surface area contributed by atoms with E-state index in [1.807, 2.05) is 0 Å². The van der Waals surface area contributed by atoms with Gasteiger partial charge >= 0.3 is 5.97 Å². The predicted octanol–water partition coefficient (Wildman–Crippen LogP) is 2.74. The Labute approximate surface area is 113 Å². The van der Waals surface area contributed by atoms with Gasteiger partial charge in [0, 0.05) is 12.6 Å². The Hall–Kier alpha value is -1.42. The molecule has 0 radical (unpaired) electrons. The van der Waals surface area contributed by atoms with E-state index in [1.165, 1.54) is 19.2 Å². The monoisotopic (exact) mass is 265 g/mol. The van der Waals surface area contributed by atoms with Crippen LogP contribution in [0.3, 0.4) is 0 Å². The van der Waals surface area contributed by atoms with Crippen molar-refractivity contribution in [1.82, 2.24) is 4.90 Å². The number of carbonyl (C=O) groups excluding carboxylic acids is 1. The van der Waals surface area contributed by atoms with Crippen LogP contribution < -0.4 is 0 Å². The maximum absolute atomic E-state index is 12.9. The molecule has 1 heterocycles. The molecule has 0 bridgehead atoms. The fourth-order valence-electron chi connectivity index (χ4n) is 2.60. The molecule has 0 saturated carbocycles. The van der Waals surface area contributed by atoms with Crippen LogP contribution in [0.2, 0.25) is 0 Å². The number of nitrogens with zero attached hydrogens (tertiary/aromatic N) is 1. The average Bonchev–Trinajstić information content (AvgIpc) is 2.43. The van der Waals surface area contributed by atoms with E-state index in [0.717, 1.165) is 37.9 Å². The molecular weight excluding hydrogens is 245 g/mol. The molecule has 1 aromatic carbocycles. The molecule has 1 unspecified atom stereocenters. The minimum absolute atomic E-state index is 0.156. The largest absolute Gasteiger partial charge is 0.469 e. The van der Waals surface area contributed by atoms with Gasteiger partial charge in [-0.3, -0.25) is 9.69 Å². The molecule has 4 heteroatoms. The highest BCUT2D eigenvalue weighted by atomic mass is 19.1. The van der Waals surface area contributed by atoms with Crippen LogP contribution in [-0.2, 0) is 16.1 Å². The molecule has 19 heavy (non-hydrogen) atoms. The van der Waals surface area contributed by atoms with Gasteiger partial charge in [0.25, 0.3) is 0 Å². The minimum Gasteiger partial charge on any atom is -0.469 e. The molecule has 0 aromatic heterocycles. The SMILES string of the molecule is COC(=O)CC1CCCCN1Cc1ccc(F)cc1. The van der Waals surface area contributed by atoms with Crippen LogP contribution in [0.15, 0.2) is 24.3 Å². The zero-order valence-corrected chi connectivity index (χ0v) is 11.3. The summed E-state index contributed by atoms with van der Waals surface area (Å²) in [5, 5.41) is 0. The zero-order valence-electron chi connectivity index (χ0n) is 11.3. The Kier molecular flexibility index (Phi) is 4.91. The second-order valence-corrected chi connectivity index (χ2v) is 5.03. The summed E-state index contributed by atoms with van der Waals surface area (Å²) in [5.74, 6) is -0.371. The summed E-state index contributed by atoms with van der Waals surface area (Å²) in [5.41, 5.74) is 1.08. The number of methoxy groups -OCH3 is 1. The fraction of sp³-hybridized carbons (Fsp3) is 0.533. The Bertz CT molecular complexity index is 419. The van der Waals surface area contributed by atoms with Gasteiger partial charge in [-0.1, -0.05) is 18.6 Å². The topological polar surface area (TPSA) is 29.5 Å². The summed E-state index contributed by atoms with van der Waals surface area (Å²) in [6.07, 6.45) is 3.77. The Balaban J connectivity index is 1.99. The van der Waals surface area contributed by atoms with Crippen LogP contribution in [0.1, 0.15) is 31.2 Å². The summed E-state index contributed by atoms with van der Waals surface area (Å²) in [6, 6.07) is 6.81. The third-order valence-electron chi connectivity index (χ3n) is 3.68. The molecule has 0 spiro atoms. The normalized spacial score (nSPS) is 20.2. The van der Waals surface area contributed by atoms with Gasteiger partial charge in [-0.2, -0.15) is 0 Å². The molecular formula is C15H20FNO2. The number of hydrogen-bond acceptors (Lipinski definition) is 3. The highest BCUT2D eigenvalue weighted by molar-refractivity contribution is 5.69. The van der Waals surface area contributed by atoms with E-state index in [0.29, 0.717) is 6.42 Å². The van der Waals surface area contributed by atoms with Gasteiger partial charge in [-0.05, 0) is 37.1 Å². The van der Waals surface area contributed by atoms with Crippen molar-refractivity contribution in [3.63, 3.8) is 0 Å². The van der Waals surface area contributed by atoms with Crippen LogP contribution in [-0.4, -0.2) is 30.6 Å². The first-order valence-electron chi connectivity index (χ1n) is 6.74. The van der Waals surface area contributed by atoms with Gasteiger partial charge in [0.15, 0.2) is 0 Å². The second kappa shape index (κ2) is 6.66. The molecule has 1 aliphatic heterocycles. The molecule has 0 aliphatic carbocycles. The maximum atomic E-state index is 12.9. The molecule has 0 N–H and O–H groups in total. The van der Waals surface area contributed by atoms with E-state index >= 15 is 0 Å². The van der Waals surface area contributed by atoms with Crippen molar-refractivity contribution in [2.45, 2.75) is 38.3 Å². The second-order valence-electron chi connectivity index (χ2n) is 5.03. The molecule has 3 nitrogen and oxygen atoms in total. The Morgan fingerprint density at radius 3 is 2.79 bits per heavy atom. The van der Waals surface area contributed by atoms with Crippen molar-refractivity contribution in [2.75, 3.05) is 13.7 Å². The van der Waals surface area contributed by atoms with Crippen LogP contribution in [0.4, 0.5) is 4.39 Å². The molecule has 0 amide bonds. The lowest BCUT2D eigenvalue weighted by molar-refractivity contribution is -0.142. The minimum atomic E-state index is -0.214. The summed E-state index contributed by atoms with van der Waals surface area (Å²) in [7, 11) is 1.43. The van der Waals surface area contributed by atoms with Crippen LogP contribution in [0.5, 0.6) is 0 Å². The van der Waals surface area contributed by atoms with Gasteiger partial charge in [-0.15, -0.1) is 0 Å². The molecule has 1 atom stereocenters. The zero-order chi connectivity index (χ0) is 13.7. The lowest BCUT2D eigenvalue weighted by Crippen LogP contribution is -2.40. The van der Waals surface area contributed by atoms with Crippen molar-refractivity contribution >= 4 is 5.97 Å². The number of halogens is 1. The molecule has 2 rings (SSSR count). The van der Waals surface area contributed by atoms with E-state index in [4.69, 9.17) is 4.74 Å². The van der Waals surface area contributed by atoms with Gasteiger partial charge in [0.1, 0.15) is 5.82 Å². The molecule has 1 aromatic rings. The Morgan fingerprint density at radius 1 is 1.37 bits per heavy atom. The third-order valence-corrected chi connectivity index (χ3v) is 3.68. The summed E-state index contributed by atoms with van der Waals surface area (Å²) in [6.45, 7) is 1.75. The van der Waals surface area contributed by atoms with Crippen molar-refractivity contribution in [3.05, 3.63) is 35.6 Å². The van der Waals surface area contributed by atoms with E-state index in [-0.39, 0.29) is 17.8 Å². The quantitative estimate of drug-likeness (QED) is 0.784. The third kappa shape index (κ3) is 4.03. The number of piperidine rings is 1. The molecule has 104 valence electrons. The first-order chi connectivity index (χ1) is 9.19. The van der Waals surface area contributed by atoms with Gasteiger partial charge in [0.2, 0.25) is 0 Å². The number of hydrogen-bond donors (Lipinski definition) is 0. The summed E-state index contributed by atoms with van der Waals surface area (Å²) < 4.78 is 17.6. The van der Waals surface area contributed by atoms with E-state index < -0.39 is 0 Å². The number of likely N-dealkylation sites (tertiary alicyclic amines) is 1. The number of ether oxygens (including phenoxy) is 1. The van der Waals surface area contributed by atoms with Crippen molar-refractivity contribution in [3.8, 4) is 0 Å². The van der Waals surface area contributed by atoms with Gasteiger partial charge in [-0.25, -0.2) is 4.39 Å². The highest BCUT2D eigenvalue weighted by Crippen LogP contribution is 2.22. The first-order valence-corrected chi connectivity index (χ1v) is 6.74. The van der Waals surface area contributed by atoms with E-state index in [2.05, 4.69) is 4.90 Å². The number of rotatable bonds is 4. The van der Waals surface area contributed by atoms with Gasteiger partial charge < -0.3 is 4.74 Å². The number of benzene rings is 1. The number of carbonyl (C=O) groups is 1.